The van der Waals surface area contributed by atoms with Crippen molar-refractivity contribution in [2.45, 2.75) is 44.0 Å². The van der Waals surface area contributed by atoms with Crippen LogP contribution in [0.4, 0.5) is 5.69 Å². The largest absolute Gasteiger partial charge is 0.292 e. The van der Waals surface area contributed by atoms with E-state index < -0.39 is 21.8 Å². The van der Waals surface area contributed by atoms with Crippen LogP contribution in [-0.2, 0) is 26.0 Å². The molecule has 164 valence electrons. The maximum atomic E-state index is 13.4. The first-order chi connectivity index (χ1) is 15.3. The van der Waals surface area contributed by atoms with E-state index in [1.807, 2.05) is 44.2 Å². The van der Waals surface area contributed by atoms with Crippen LogP contribution in [0, 0.1) is 6.92 Å². The van der Waals surface area contributed by atoms with E-state index in [-0.39, 0.29) is 16.4 Å². The number of sulfonamides is 1. The zero-order valence-corrected chi connectivity index (χ0v) is 18.8. The summed E-state index contributed by atoms with van der Waals surface area (Å²) in [5.74, 6) is -0.810. The Morgan fingerprint density at radius 1 is 1.00 bits per heavy atom. The molecule has 1 N–H and O–H groups in total. The smallest absolute Gasteiger partial charge is 0.241 e. The Bertz CT molecular complexity index is 1290. The average molecular weight is 449 g/mol. The first-order valence-corrected chi connectivity index (χ1v) is 12.0. The van der Waals surface area contributed by atoms with Crippen LogP contribution in [0.2, 0.25) is 0 Å². The van der Waals surface area contributed by atoms with Crippen LogP contribution in [-0.4, -0.2) is 31.7 Å². The van der Waals surface area contributed by atoms with Gasteiger partial charge in [-0.3, -0.25) is 9.59 Å². The predicted octanol–water partition coefficient (Wildman–Crippen LogP) is 3.78. The standard InChI is InChI=1S/C25H24N2O4S/c1-3-17-13-16(2)14-18(15-17)26-22-23(27-32(30,31)19-9-5-4-6-10-19)25(29)21-12-8-7-11-20(21)24(22)28/h4-10,13-15,23,27H,3,11-12H2,1-2H3. The fourth-order valence-electron chi connectivity index (χ4n) is 4.01. The maximum Gasteiger partial charge on any atom is 0.241 e. The van der Waals surface area contributed by atoms with Crippen LogP contribution < -0.4 is 4.72 Å². The molecule has 1 unspecified atom stereocenters. The summed E-state index contributed by atoms with van der Waals surface area (Å²) in [6.07, 6.45) is 5.10. The molecule has 2 aliphatic rings. The summed E-state index contributed by atoms with van der Waals surface area (Å²) in [7, 11) is -4.04. The average Bonchev–Trinajstić information content (AvgIpc) is 2.80. The lowest BCUT2D eigenvalue weighted by Gasteiger charge is -2.28. The molecular weight excluding hydrogens is 424 g/mol. The number of nitrogens with one attached hydrogen (secondary N) is 1. The van der Waals surface area contributed by atoms with Crippen LogP contribution in [0.25, 0.3) is 0 Å². The molecule has 0 radical (unpaired) electrons. The van der Waals surface area contributed by atoms with E-state index in [0.29, 0.717) is 29.7 Å². The summed E-state index contributed by atoms with van der Waals surface area (Å²) in [6.45, 7) is 3.95. The van der Waals surface area contributed by atoms with Crippen molar-refractivity contribution in [2.75, 3.05) is 0 Å². The highest BCUT2D eigenvalue weighted by Gasteiger charge is 2.42. The number of benzene rings is 2. The number of nitrogens with zero attached hydrogens (tertiary/aromatic N) is 1. The van der Waals surface area contributed by atoms with Gasteiger partial charge < -0.3 is 0 Å². The molecule has 0 saturated carbocycles. The van der Waals surface area contributed by atoms with E-state index in [9.17, 15) is 18.0 Å². The Morgan fingerprint density at radius 2 is 1.69 bits per heavy atom. The van der Waals surface area contributed by atoms with E-state index in [2.05, 4.69) is 9.71 Å². The van der Waals surface area contributed by atoms with Crippen molar-refractivity contribution in [3.63, 3.8) is 0 Å². The van der Waals surface area contributed by atoms with E-state index in [4.69, 9.17) is 0 Å². The summed E-state index contributed by atoms with van der Waals surface area (Å²) >= 11 is 0. The predicted molar refractivity (Wildman–Crippen MR) is 124 cm³/mol. The van der Waals surface area contributed by atoms with E-state index in [1.165, 1.54) is 12.1 Å². The van der Waals surface area contributed by atoms with E-state index in [1.54, 1.807) is 18.2 Å². The molecule has 6 nitrogen and oxygen atoms in total. The molecule has 2 aromatic rings. The molecule has 0 heterocycles. The number of hydrogen-bond donors (Lipinski definition) is 1. The molecular formula is C25H24N2O4S. The molecule has 0 saturated heterocycles. The van der Waals surface area contributed by atoms with Crippen molar-refractivity contribution in [1.82, 2.24) is 4.72 Å². The fraction of sp³-hybridized carbons (Fsp3) is 0.240. The summed E-state index contributed by atoms with van der Waals surface area (Å²) in [5.41, 5.74) is 3.21. The first kappa shape index (κ1) is 22.0. The van der Waals surface area contributed by atoms with Crippen LogP contribution in [0.3, 0.4) is 0 Å². The SMILES string of the molecule is CCc1cc(C)cc(N=C2C(=O)C3=C(CC=CC3)C(=O)C2NS(=O)(=O)c2ccccc2)c1. The quantitative estimate of drug-likeness (QED) is 0.705. The molecule has 1 atom stereocenters. The number of aryl methyl sites for hydroxylation is 2. The number of aliphatic imine (C=N–C) groups is 1. The molecule has 4 rings (SSSR count). The number of ketones is 2. The Kier molecular flexibility index (Phi) is 6.04. The number of rotatable bonds is 5. The Morgan fingerprint density at radius 3 is 2.38 bits per heavy atom. The van der Waals surface area contributed by atoms with Crippen molar-refractivity contribution in [1.29, 1.82) is 0 Å². The minimum atomic E-state index is -4.04. The minimum absolute atomic E-state index is 0.0201. The monoisotopic (exact) mass is 448 g/mol. The van der Waals surface area contributed by atoms with Gasteiger partial charge in [-0.15, -0.1) is 0 Å². The second-order valence-electron chi connectivity index (χ2n) is 7.92. The molecule has 0 fully saturated rings. The second kappa shape index (κ2) is 8.76. The van der Waals surface area contributed by atoms with Gasteiger partial charge in [-0.05, 0) is 61.6 Å². The number of carbonyl (C=O) groups excluding carboxylic acids is 2. The zero-order chi connectivity index (χ0) is 22.9. The van der Waals surface area contributed by atoms with Gasteiger partial charge in [0.05, 0.1) is 10.6 Å². The lowest BCUT2D eigenvalue weighted by Crippen LogP contribution is -2.53. The number of Topliss-reactive ketones (excluding diaryl/α,β-unsaturated/α-hetero) is 2. The van der Waals surface area contributed by atoms with Gasteiger partial charge in [-0.2, -0.15) is 4.72 Å². The van der Waals surface area contributed by atoms with Crippen LogP contribution in [0.5, 0.6) is 0 Å². The normalized spacial score (nSPS) is 20.1. The highest BCUT2D eigenvalue weighted by Crippen LogP contribution is 2.30. The zero-order valence-electron chi connectivity index (χ0n) is 18.0. The number of allylic oxidation sites excluding steroid dienone is 3. The van der Waals surface area contributed by atoms with Gasteiger partial charge in [0, 0.05) is 11.1 Å². The van der Waals surface area contributed by atoms with Gasteiger partial charge in [-0.1, -0.05) is 43.3 Å². The molecule has 0 aliphatic heterocycles. The lowest BCUT2D eigenvalue weighted by atomic mass is 9.80. The van der Waals surface area contributed by atoms with E-state index >= 15 is 0 Å². The maximum absolute atomic E-state index is 13.4. The topological polar surface area (TPSA) is 92.7 Å². The molecule has 0 amide bonds. The minimum Gasteiger partial charge on any atom is -0.292 e. The third-order valence-corrected chi connectivity index (χ3v) is 7.06. The highest BCUT2D eigenvalue weighted by molar-refractivity contribution is 7.89. The van der Waals surface area contributed by atoms with Crippen LogP contribution in [0.1, 0.15) is 30.9 Å². The first-order valence-electron chi connectivity index (χ1n) is 10.5. The third kappa shape index (κ3) is 4.26. The fourth-order valence-corrected chi connectivity index (χ4v) is 5.19. The number of carbonyl (C=O) groups is 2. The van der Waals surface area contributed by atoms with Gasteiger partial charge in [0.1, 0.15) is 11.8 Å². The number of hydrogen-bond acceptors (Lipinski definition) is 5. The molecule has 2 aliphatic carbocycles. The summed E-state index contributed by atoms with van der Waals surface area (Å²) in [4.78, 5) is 31.3. The van der Waals surface area contributed by atoms with Gasteiger partial charge in [0.2, 0.25) is 15.8 Å². The second-order valence-corrected chi connectivity index (χ2v) is 9.64. The molecule has 7 heteroatoms. The van der Waals surface area contributed by atoms with Crippen molar-refractivity contribution in [3.8, 4) is 0 Å². The van der Waals surface area contributed by atoms with Gasteiger partial charge >= 0.3 is 0 Å². The van der Waals surface area contributed by atoms with Crippen molar-refractivity contribution in [2.24, 2.45) is 4.99 Å². The molecule has 32 heavy (non-hydrogen) atoms. The van der Waals surface area contributed by atoms with Crippen molar-refractivity contribution >= 4 is 33.0 Å². The summed E-state index contributed by atoms with van der Waals surface area (Å²) in [5, 5.41) is 0. The van der Waals surface area contributed by atoms with Crippen molar-refractivity contribution in [3.05, 3.63) is 83.0 Å². The van der Waals surface area contributed by atoms with Gasteiger partial charge in [0.15, 0.2) is 5.78 Å². The Hall–Kier alpha value is -3.16. The summed E-state index contributed by atoms with van der Waals surface area (Å²) in [6, 6.07) is 12.1. The molecule has 0 bridgehead atoms. The van der Waals surface area contributed by atoms with Gasteiger partial charge in [0.25, 0.3) is 0 Å². The lowest BCUT2D eigenvalue weighted by molar-refractivity contribution is -0.118. The van der Waals surface area contributed by atoms with Crippen molar-refractivity contribution < 1.29 is 18.0 Å². The Labute approximate surface area is 187 Å². The highest BCUT2D eigenvalue weighted by atomic mass is 32.2. The molecule has 0 spiro atoms. The molecule has 0 aromatic heterocycles. The summed E-state index contributed by atoms with van der Waals surface area (Å²) < 4.78 is 28.5. The van der Waals surface area contributed by atoms with Crippen LogP contribution in [0.15, 0.2) is 81.7 Å². The molecule has 2 aromatic carbocycles. The van der Waals surface area contributed by atoms with E-state index in [0.717, 1.165) is 17.5 Å². The van der Waals surface area contributed by atoms with Gasteiger partial charge in [-0.25, -0.2) is 13.4 Å². The van der Waals surface area contributed by atoms with Crippen LogP contribution >= 0.6 is 0 Å². The Balaban J connectivity index is 1.83. The third-order valence-electron chi connectivity index (χ3n) is 5.62.